The largest absolute Gasteiger partial charge is 0.466 e. The molecule has 1 N–H and O–H groups in total. The Morgan fingerprint density at radius 1 is 1.24 bits per heavy atom. The molecule has 2 aliphatic carbocycles. The first kappa shape index (κ1) is 12.9. The highest BCUT2D eigenvalue weighted by molar-refractivity contribution is 5.72. The molecule has 0 aliphatic heterocycles. The minimum Gasteiger partial charge on any atom is -0.466 e. The molecule has 0 aromatic carbocycles. The number of hydrogen-bond donors (Lipinski definition) is 1. The van der Waals surface area contributed by atoms with Gasteiger partial charge in [0.1, 0.15) is 0 Å². The van der Waals surface area contributed by atoms with E-state index in [4.69, 9.17) is 4.74 Å². The van der Waals surface area contributed by atoms with Crippen LogP contribution in [0.4, 0.5) is 0 Å². The lowest BCUT2D eigenvalue weighted by Crippen LogP contribution is -2.47. The standard InChI is InChI=1S/C14H25NO2/c1-3-17-14(16)11-5-4-6-12(9-11)15-13-7-10(2)8-13/h10-13,15H,3-9H2,1-2H3. The minimum atomic E-state index is 0.0148. The van der Waals surface area contributed by atoms with Crippen molar-refractivity contribution in [2.45, 2.75) is 64.5 Å². The Morgan fingerprint density at radius 2 is 2.00 bits per heavy atom. The van der Waals surface area contributed by atoms with E-state index < -0.39 is 0 Å². The minimum absolute atomic E-state index is 0.0148. The van der Waals surface area contributed by atoms with Gasteiger partial charge in [0.25, 0.3) is 0 Å². The van der Waals surface area contributed by atoms with Crippen molar-refractivity contribution in [2.24, 2.45) is 11.8 Å². The van der Waals surface area contributed by atoms with Crippen molar-refractivity contribution in [2.75, 3.05) is 6.61 Å². The topological polar surface area (TPSA) is 38.3 Å². The second kappa shape index (κ2) is 5.85. The van der Waals surface area contributed by atoms with Gasteiger partial charge >= 0.3 is 5.97 Å². The van der Waals surface area contributed by atoms with Gasteiger partial charge < -0.3 is 10.1 Å². The maximum absolute atomic E-state index is 11.7. The third-order valence-electron chi connectivity index (χ3n) is 4.14. The first-order chi connectivity index (χ1) is 8.19. The summed E-state index contributed by atoms with van der Waals surface area (Å²) in [4.78, 5) is 11.7. The fourth-order valence-electron chi connectivity index (χ4n) is 3.19. The summed E-state index contributed by atoms with van der Waals surface area (Å²) in [5.41, 5.74) is 0. The lowest BCUT2D eigenvalue weighted by Gasteiger charge is -2.38. The average Bonchev–Trinajstić information content (AvgIpc) is 2.28. The molecule has 3 heteroatoms. The molecule has 2 fully saturated rings. The molecule has 3 nitrogen and oxygen atoms in total. The molecule has 0 spiro atoms. The lowest BCUT2D eigenvalue weighted by atomic mass is 9.79. The van der Waals surface area contributed by atoms with Crippen LogP contribution < -0.4 is 5.32 Å². The first-order valence-electron chi connectivity index (χ1n) is 7.11. The van der Waals surface area contributed by atoms with Gasteiger partial charge in [-0.15, -0.1) is 0 Å². The van der Waals surface area contributed by atoms with E-state index in [0.717, 1.165) is 25.2 Å². The van der Waals surface area contributed by atoms with Crippen LogP contribution >= 0.6 is 0 Å². The summed E-state index contributed by atoms with van der Waals surface area (Å²) in [5, 5.41) is 3.70. The van der Waals surface area contributed by atoms with Crippen LogP contribution in [0.1, 0.15) is 52.4 Å². The number of hydrogen-bond acceptors (Lipinski definition) is 3. The van der Waals surface area contributed by atoms with E-state index in [1.54, 1.807) is 0 Å². The Hall–Kier alpha value is -0.570. The van der Waals surface area contributed by atoms with Gasteiger partial charge in [-0.2, -0.15) is 0 Å². The SMILES string of the molecule is CCOC(=O)C1CCCC(NC2CC(C)C2)C1. The zero-order valence-corrected chi connectivity index (χ0v) is 11.1. The van der Waals surface area contributed by atoms with Crippen LogP contribution in [0, 0.1) is 11.8 Å². The highest BCUT2D eigenvalue weighted by Gasteiger charge is 2.32. The monoisotopic (exact) mass is 239 g/mol. The van der Waals surface area contributed by atoms with Gasteiger partial charge in [0.2, 0.25) is 0 Å². The van der Waals surface area contributed by atoms with E-state index in [-0.39, 0.29) is 11.9 Å². The molecule has 98 valence electrons. The molecule has 0 aromatic heterocycles. The Morgan fingerprint density at radius 3 is 2.65 bits per heavy atom. The van der Waals surface area contributed by atoms with Crippen LogP contribution in [0.3, 0.4) is 0 Å². The highest BCUT2D eigenvalue weighted by Crippen LogP contribution is 2.30. The van der Waals surface area contributed by atoms with Gasteiger partial charge in [-0.3, -0.25) is 4.79 Å². The normalized spacial score (nSPS) is 37.3. The maximum Gasteiger partial charge on any atom is 0.308 e. The quantitative estimate of drug-likeness (QED) is 0.766. The molecule has 2 rings (SSSR count). The molecule has 0 amide bonds. The van der Waals surface area contributed by atoms with Crippen LogP contribution in [0.2, 0.25) is 0 Å². The zero-order chi connectivity index (χ0) is 12.3. The van der Waals surface area contributed by atoms with Crippen molar-refractivity contribution in [3.63, 3.8) is 0 Å². The number of rotatable bonds is 4. The summed E-state index contributed by atoms with van der Waals surface area (Å²) < 4.78 is 5.13. The third-order valence-corrected chi connectivity index (χ3v) is 4.14. The third kappa shape index (κ3) is 3.44. The molecule has 2 unspecified atom stereocenters. The van der Waals surface area contributed by atoms with Crippen molar-refractivity contribution >= 4 is 5.97 Å². The van der Waals surface area contributed by atoms with E-state index >= 15 is 0 Å². The molecule has 0 aromatic rings. The maximum atomic E-state index is 11.7. The van der Waals surface area contributed by atoms with Crippen molar-refractivity contribution in [1.29, 1.82) is 0 Å². The second-order valence-electron chi connectivity index (χ2n) is 5.75. The van der Waals surface area contributed by atoms with Crippen LogP contribution in [-0.4, -0.2) is 24.7 Å². The predicted molar refractivity (Wildman–Crippen MR) is 67.7 cm³/mol. The molecular formula is C14H25NO2. The average molecular weight is 239 g/mol. The highest BCUT2D eigenvalue weighted by atomic mass is 16.5. The number of esters is 1. The second-order valence-corrected chi connectivity index (χ2v) is 5.75. The van der Waals surface area contributed by atoms with Crippen LogP contribution in [-0.2, 0) is 9.53 Å². The van der Waals surface area contributed by atoms with Gasteiger partial charge in [-0.25, -0.2) is 0 Å². The van der Waals surface area contributed by atoms with Crippen molar-refractivity contribution in [3.8, 4) is 0 Å². The van der Waals surface area contributed by atoms with Gasteiger partial charge in [-0.05, 0) is 44.9 Å². The fraction of sp³-hybridized carbons (Fsp3) is 0.929. The number of carbonyl (C=O) groups excluding carboxylic acids is 1. The fourth-order valence-corrected chi connectivity index (χ4v) is 3.19. The molecule has 0 saturated heterocycles. The van der Waals surface area contributed by atoms with Gasteiger partial charge in [0, 0.05) is 12.1 Å². The smallest absolute Gasteiger partial charge is 0.308 e. The van der Waals surface area contributed by atoms with E-state index in [1.165, 1.54) is 19.3 Å². The molecule has 2 saturated carbocycles. The molecular weight excluding hydrogens is 214 g/mol. The number of nitrogens with one attached hydrogen (secondary N) is 1. The van der Waals surface area contributed by atoms with Crippen LogP contribution in [0.5, 0.6) is 0 Å². The summed E-state index contributed by atoms with van der Waals surface area (Å²) in [5.74, 6) is 1.04. The Balaban J connectivity index is 1.74. The lowest BCUT2D eigenvalue weighted by molar-refractivity contribution is -0.149. The first-order valence-corrected chi connectivity index (χ1v) is 7.11. The molecule has 2 aliphatic rings. The van der Waals surface area contributed by atoms with Crippen LogP contribution in [0.15, 0.2) is 0 Å². The van der Waals surface area contributed by atoms with Gasteiger partial charge in [0.15, 0.2) is 0 Å². The van der Waals surface area contributed by atoms with Gasteiger partial charge in [0.05, 0.1) is 12.5 Å². The Bertz CT molecular complexity index is 261. The van der Waals surface area contributed by atoms with E-state index in [9.17, 15) is 4.79 Å². The summed E-state index contributed by atoms with van der Waals surface area (Å²) in [6.45, 7) is 4.69. The van der Waals surface area contributed by atoms with Gasteiger partial charge in [-0.1, -0.05) is 13.3 Å². The summed E-state index contributed by atoms with van der Waals surface area (Å²) >= 11 is 0. The van der Waals surface area contributed by atoms with E-state index in [2.05, 4.69) is 12.2 Å². The molecule has 0 radical (unpaired) electrons. The summed E-state index contributed by atoms with van der Waals surface area (Å²) in [7, 11) is 0. The summed E-state index contributed by atoms with van der Waals surface area (Å²) in [6.07, 6.45) is 6.98. The Labute approximate surface area is 104 Å². The van der Waals surface area contributed by atoms with E-state index in [0.29, 0.717) is 18.7 Å². The molecule has 2 atom stereocenters. The van der Waals surface area contributed by atoms with Crippen LogP contribution in [0.25, 0.3) is 0 Å². The predicted octanol–water partition coefficient (Wildman–Crippen LogP) is 2.50. The zero-order valence-electron chi connectivity index (χ0n) is 11.1. The summed E-state index contributed by atoms with van der Waals surface area (Å²) in [6, 6.07) is 1.24. The Kier molecular flexibility index (Phi) is 4.43. The molecule has 0 heterocycles. The van der Waals surface area contributed by atoms with Crippen molar-refractivity contribution in [1.82, 2.24) is 5.32 Å². The van der Waals surface area contributed by atoms with Crippen molar-refractivity contribution < 1.29 is 9.53 Å². The number of carbonyl (C=O) groups is 1. The van der Waals surface area contributed by atoms with Crippen molar-refractivity contribution in [3.05, 3.63) is 0 Å². The number of ether oxygens (including phenoxy) is 1. The van der Waals surface area contributed by atoms with E-state index in [1.807, 2.05) is 6.92 Å². The molecule has 0 bridgehead atoms. The molecule has 17 heavy (non-hydrogen) atoms.